The van der Waals surface area contributed by atoms with Crippen molar-refractivity contribution in [2.75, 3.05) is 0 Å². The van der Waals surface area contributed by atoms with Gasteiger partial charge in [-0.05, 0) is 23.6 Å². The molecule has 3 aromatic rings. The van der Waals surface area contributed by atoms with E-state index in [-0.39, 0.29) is 0 Å². The number of hydrazine groups is 1. The average molecular weight is 262 g/mol. The highest BCUT2D eigenvalue weighted by atomic mass is 15.3. The zero-order chi connectivity index (χ0) is 13.8. The number of nitrogens with one attached hydrogen (secondary N) is 1. The maximum Gasteiger partial charge on any atom is 0.167 e. The molecule has 0 bridgehead atoms. The molecule has 0 unspecified atom stereocenters. The van der Waals surface area contributed by atoms with Crippen molar-refractivity contribution in [1.82, 2.24) is 10.4 Å². The fourth-order valence-corrected chi connectivity index (χ4v) is 2.09. The molecule has 0 aliphatic carbocycles. The smallest absolute Gasteiger partial charge is 0.167 e. The van der Waals surface area contributed by atoms with Gasteiger partial charge in [-0.1, -0.05) is 42.5 Å². The van der Waals surface area contributed by atoms with Crippen LogP contribution < -0.4 is 11.3 Å². The number of fused-ring (bicyclic) bond motifs is 1. The van der Waals surface area contributed by atoms with Crippen molar-refractivity contribution in [3.63, 3.8) is 0 Å². The van der Waals surface area contributed by atoms with E-state index in [1.807, 2.05) is 60.7 Å². The Morgan fingerprint density at radius 2 is 1.70 bits per heavy atom. The van der Waals surface area contributed by atoms with E-state index in [9.17, 15) is 0 Å². The molecule has 0 fully saturated rings. The van der Waals surface area contributed by atoms with E-state index in [4.69, 9.17) is 5.84 Å². The van der Waals surface area contributed by atoms with Gasteiger partial charge in [-0.25, -0.2) is 10.8 Å². The van der Waals surface area contributed by atoms with E-state index in [1.54, 1.807) is 6.20 Å². The second-order valence-electron chi connectivity index (χ2n) is 4.32. The van der Waals surface area contributed by atoms with Gasteiger partial charge in [0.05, 0.1) is 5.69 Å². The zero-order valence-electron chi connectivity index (χ0n) is 10.8. The third-order valence-corrected chi connectivity index (χ3v) is 3.03. The highest BCUT2D eigenvalue weighted by Crippen LogP contribution is 2.18. The first-order valence-electron chi connectivity index (χ1n) is 6.33. The van der Waals surface area contributed by atoms with Crippen molar-refractivity contribution < 1.29 is 0 Å². The quantitative estimate of drug-likeness (QED) is 0.323. The van der Waals surface area contributed by atoms with Gasteiger partial charge in [-0.3, -0.25) is 4.98 Å². The SMILES string of the molecule is NNC(=Nc1ccccc1)c1nccc2ccccc12. The van der Waals surface area contributed by atoms with Crippen molar-refractivity contribution in [2.24, 2.45) is 10.8 Å². The number of aliphatic imine (C=N–C) groups is 1. The molecule has 0 saturated carbocycles. The molecule has 2 aromatic carbocycles. The lowest BCUT2D eigenvalue weighted by atomic mass is 10.1. The van der Waals surface area contributed by atoms with Gasteiger partial charge in [0.2, 0.25) is 0 Å². The Balaban J connectivity index is 2.15. The maximum absolute atomic E-state index is 5.62. The van der Waals surface area contributed by atoms with Crippen LogP contribution >= 0.6 is 0 Å². The van der Waals surface area contributed by atoms with Gasteiger partial charge >= 0.3 is 0 Å². The number of hydrogen-bond donors (Lipinski definition) is 2. The number of para-hydroxylation sites is 1. The molecule has 0 radical (unpaired) electrons. The highest BCUT2D eigenvalue weighted by molar-refractivity contribution is 6.08. The predicted molar refractivity (Wildman–Crippen MR) is 81.7 cm³/mol. The molecule has 0 amide bonds. The Morgan fingerprint density at radius 1 is 0.950 bits per heavy atom. The summed E-state index contributed by atoms with van der Waals surface area (Å²) in [4.78, 5) is 8.92. The molecule has 0 atom stereocenters. The lowest BCUT2D eigenvalue weighted by molar-refractivity contribution is 1.01. The molecule has 0 aliphatic rings. The maximum atomic E-state index is 5.62. The van der Waals surface area contributed by atoms with Crippen LogP contribution in [0.25, 0.3) is 10.8 Å². The Bertz CT molecular complexity index is 745. The summed E-state index contributed by atoms with van der Waals surface area (Å²) in [6, 6.07) is 19.6. The third kappa shape index (κ3) is 2.37. The van der Waals surface area contributed by atoms with Gasteiger partial charge in [0, 0.05) is 11.6 Å². The van der Waals surface area contributed by atoms with Crippen molar-refractivity contribution in [1.29, 1.82) is 0 Å². The standard InChI is InChI=1S/C16H14N4/c17-20-16(19-13-7-2-1-3-8-13)15-14-9-5-4-6-12(14)10-11-18-15/h1-11H,17H2,(H,19,20). The van der Waals surface area contributed by atoms with Crippen LogP contribution in [0.1, 0.15) is 5.69 Å². The van der Waals surface area contributed by atoms with E-state index in [0.29, 0.717) is 5.84 Å². The van der Waals surface area contributed by atoms with Crippen LogP contribution in [0.15, 0.2) is 71.9 Å². The molecule has 0 aliphatic heterocycles. The zero-order valence-corrected chi connectivity index (χ0v) is 10.8. The number of aromatic nitrogens is 1. The monoisotopic (exact) mass is 262 g/mol. The topological polar surface area (TPSA) is 63.3 Å². The number of nitrogens with zero attached hydrogens (tertiary/aromatic N) is 2. The summed E-state index contributed by atoms with van der Waals surface area (Å²) in [5, 5.41) is 2.12. The van der Waals surface area contributed by atoms with Gasteiger partial charge in [0.15, 0.2) is 5.84 Å². The summed E-state index contributed by atoms with van der Waals surface area (Å²) >= 11 is 0. The Kier molecular flexibility index (Phi) is 3.39. The largest absolute Gasteiger partial charge is 0.307 e. The number of rotatable bonds is 2. The number of hydrogen-bond acceptors (Lipinski definition) is 3. The van der Waals surface area contributed by atoms with Gasteiger partial charge in [0.25, 0.3) is 0 Å². The van der Waals surface area contributed by atoms with Gasteiger partial charge in [-0.2, -0.15) is 0 Å². The van der Waals surface area contributed by atoms with E-state index < -0.39 is 0 Å². The first-order valence-corrected chi connectivity index (χ1v) is 6.33. The van der Waals surface area contributed by atoms with Crippen LogP contribution in [0.3, 0.4) is 0 Å². The molecule has 0 spiro atoms. The fraction of sp³-hybridized carbons (Fsp3) is 0. The van der Waals surface area contributed by atoms with E-state index in [2.05, 4.69) is 15.4 Å². The Morgan fingerprint density at radius 3 is 2.50 bits per heavy atom. The van der Waals surface area contributed by atoms with Crippen LogP contribution in [0.5, 0.6) is 0 Å². The lowest BCUT2D eigenvalue weighted by Gasteiger charge is -2.08. The van der Waals surface area contributed by atoms with Crippen LogP contribution in [-0.4, -0.2) is 10.8 Å². The number of nitrogens with two attached hydrogens (primary N) is 1. The van der Waals surface area contributed by atoms with Crippen molar-refractivity contribution in [3.8, 4) is 0 Å². The van der Waals surface area contributed by atoms with Crippen LogP contribution in [0.4, 0.5) is 5.69 Å². The third-order valence-electron chi connectivity index (χ3n) is 3.03. The number of benzene rings is 2. The highest BCUT2D eigenvalue weighted by Gasteiger charge is 2.08. The van der Waals surface area contributed by atoms with Gasteiger partial charge in [0.1, 0.15) is 5.69 Å². The van der Waals surface area contributed by atoms with E-state index in [0.717, 1.165) is 22.2 Å². The molecule has 1 heterocycles. The minimum absolute atomic E-state index is 0.549. The molecule has 4 nitrogen and oxygen atoms in total. The molecule has 3 rings (SSSR count). The Hall–Kier alpha value is -2.72. The first kappa shape index (κ1) is 12.3. The molecule has 20 heavy (non-hydrogen) atoms. The molecule has 4 heteroatoms. The van der Waals surface area contributed by atoms with Gasteiger partial charge < -0.3 is 5.43 Å². The summed E-state index contributed by atoms with van der Waals surface area (Å²) in [6.45, 7) is 0. The predicted octanol–water partition coefficient (Wildman–Crippen LogP) is 2.78. The first-order chi connectivity index (χ1) is 9.88. The fourth-order valence-electron chi connectivity index (χ4n) is 2.09. The summed E-state index contributed by atoms with van der Waals surface area (Å²) < 4.78 is 0. The van der Waals surface area contributed by atoms with Crippen LogP contribution in [0, 0.1) is 0 Å². The van der Waals surface area contributed by atoms with Crippen LogP contribution in [0.2, 0.25) is 0 Å². The summed E-state index contributed by atoms with van der Waals surface area (Å²) in [5.41, 5.74) is 4.22. The van der Waals surface area contributed by atoms with Gasteiger partial charge in [-0.15, -0.1) is 0 Å². The van der Waals surface area contributed by atoms with E-state index >= 15 is 0 Å². The second kappa shape index (κ2) is 5.50. The second-order valence-corrected chi connectivity index (χ2v) is 4.32. The molecule has 3 N–H and O–H groups in total. The minimum atomic E-state index is 0.549. The molecular formula is C16H14N4. The number of amidine groups is 1. The average Bonchev–Trinajstić information content (AvgIpc) is 2.53. The molecular weight excluding hydrogens is 248 g/mol. The van der Waals surface area contributed by atoms with Crippen molar-refractivity contribution in [3.05, 3.63) is 72.6 Å². The molecule has 1 aromatic heterocycles. The van der Waals surface area contributed by atoms with Crippen LogP contribution in [-0.2, 0) is 0 Å². The summed E-state index contributed by atoms with van der Waals surface area (Å²) in [7, 11) is 0. The van der Waals surface area contributed by atoms with Crippen molar-refractivity contribution >= 4 is 22.3 Å². The minimum Gasteiger partial charge on any atom is -0.307 e. The lowest BCUT2D eigenvalue weighted by Crippen LogP contribution is -2.31. The van der Waals surface area contributed by atoms with E-state index in [1.165, 1.54) is 0 Å². The summed E-state index contributed by atoms with van der Waals surface area (Å²) in [5.74, 6) is 6.17. The molecule has 0 saturated heterocycles. The molecule has 98 valence electrons. The number of pyridine rings is 1. The van der Waals surface area contributed by atoms with Crippen molar-refractivity contribution in [2.45, 2.75) is 0 Å². The normalized spacial score (nSPS) is 11.6. The Labute approximate surface area is 117 Å². The summed E-state index contributed by atoms with van der Waals surface area (Å²) in [6.07, 6.45) is 1.76.